The number of aromatic nitrogens is 2. The maximum Gasteiger partial charge on any atom is 0.254 e. The minimum atomic E-state index is -0.232. The fraction of sp³-hybridized carbons (Fsp3) is 0.214. The summed E-state index contributed by atoms with van der Waals surface area (Å²) in [6.07, 6.45) is 0. The first-order chi connectivity index (χ1) is 10.4. The lowest BCUT2D eigenvalue weighted by molar-refractivity contribution is -0.113. The summed E-state index contributed by atoms with van der Waals surface area (Å²) in [5.41, 5.74) is 1.59. The number of hydrogen-bond acceptors (Lipinski definition) is 4. The standard InChI is InChI=1S/C14H13Cl2N3O2S/c1-7-8(2)17-14(19-13(7)21)22-6-12(20)18-9-3-4-10(15)11(16)5-9/h3-5H,6H2,1-2H3,(H,18,20)(H,17,19,21). The van der Waals surface area contributed by atoms with Gasteiger partial charge >= 0.3 is 0 Å². The second-order valence-electron chi connectivity index (χ2n) is 4.55. The van der Waals surface area contributed by atoms with Crippen molar-refractivity contribution in [3.05, 3.63) is 49.9 Å². The zero-order valence-corrected chi connectivity index (χ0v) is 14.2. The Balaban J connectivity index is 1.98. The molecule has 1 heterocycles. The van der Waals surface area contributed by atoms with Crippen LogP contribution in [0.1, 0.15) is 11.3 Å². The lowest BCUT2D eigenvalue weighted by Gasteiger charge is -2.07. The van der Waals surface area contributed by atoms with Gasteiger partial charge in [-0.2, -0.15) is 0 Å². The molecular weight excluding hydrogens is 345 g/mol. The van der Waals surface area contributed by atoms with Gasteiger partial charge in [-0.05, 0) is 32.0 Å². The van der Waals surface area contributed by atoms with Gasteiger partial charge in [-0.1, -0.05) is 35.0 Å². The van der Waals surface area contributed by atoms with E-state index >= 15 is 0 Å². The zero-order chi connectivity index (χ0) is 16.3. The van der Waals surface area contributed by atoms with Crippen LogP contribution in [-0.2, 0) is 4.79 Å². The molecule has 0 aliphatic heterocycles. The van der Waals surface area contributed by atoms with Crippen molar-refractivity contribution in [1.29, 1.82) is 0 Å². The van der Waals surface area contributed by atoms with E-state index in [9.17, 15) is 9.59 Å². The van der Waals surface area contributed by atoms with E-state index in [4.69, 9.17) is 23.2 Å². The average Bonchev–Trinajstić information content (AvgIpc) is 2.46. The van der Waals surface area contributed by atoms with Crippen LogP contribution in [0.5, 0.6) is 0 Å². The number of halogens is 2. The number of benzene rings is 1. The van der Waals surface area contributed by atoms with Crippen molar-refractivity contribution in [1.82, 2.24) is 9.97 Å². The number of rotatable bonds is 4. The van der Waals surface area contributed by atoms with Crippen molar-refractivity contribution in [2.75, 3.05) is 11.1 Å². The van der Waals surface area contributed by atoms with Crippen LogP contribution in [-0.4, -0.2) is 21.6 Å². The Morgan fingerprint density at radius 1 is 1.32 bits per heavy atom. The molecule has 2 N–H and O–H groups in total. The quantitative estimate of drug-likeness (QED) is 0.649. The van der Waals surface area contributed by atoms with Gasteiger partial charge in [-0.25, -0.2) is 4.98 Å². The number of H-pyrrole nitrogens is 1. The second-order valence-corrected chi connectivity index (χ2v) is 6.33. The van der Waals surface area contributed by atoms with Gasteiger partial charge in [0.15, 0.2) is 5.16 Å². The monoisotopic (exact) mass is 357 g/mol. The first-order valence-corrected chi connectivity index (χ1v) is 8.06. The molecule has 1 aromatic carbocycles. The molecule has 0 spiro atoms. The highest BCUT2D eigenvalue weighted by Gasteiger charge is 2.08. The number of thioether (sulfide) groups is 1. The van der Waals surface area contributed by atoms with E-state index in [1.807, 2.05) is 0 Å². The first kappa shape index (κ1) is 16.9. The lowest BCUT2D eigenvalue weighted by atomic mass is 10.3. The zero-order valence-electron chi connectivity index (χ0n) is 11.9. The van der Waals surface area contributed by atoms with Crippen molar-refractivity contribution in [3.8, 4) is 0 Å². The summed E-state index contributed by atoms with van der Waals surface area (Å²) in [5.74, 6) is -0.115. The molecule has 2 aromatic rings. The van der Waals surface area contributed by atoms with Crippen LogP contribution in [0.15, 0.2) is 28.2 Å². The molecule has 0 bridgehead atoms. The van der Waals surface area contributed by atoms with Crippen molar-refractivity contribution >= 4 is 46.6 Å². The molecule has 0 fully saturated rings. The molecule has 8 heteroatoms. The molecule has 0 aliphatic carbocycles. The molecule has 1 aromatic heterocycles. The number of aromatic amines is 1. The fourth-order valence-electron chi connectivity index (χ4n) is 1.59. The van der Waals surface area contributed by atoms with Gasteiger partial charge in [-0.3, -0.25) is 9.59 Å². The average molecular weight is 358 g/mol. The molecule has 5 nitrogen and oxygen atoms in total. The Bertz CT molecular complexity index is 777. The summed E-state index contributed by atoms with van der Waals surface area (Å²) in [4.78, 5) is 30.4. The van der Waals surface area contributed by atoms with E-state index in [2.05, 4.69) is 15.3 Å². The first-order valence-electron chi connectivity index (χ1n) is 6.32. The van der Waals surface area contributed by atoms with E-state index in [1.54, 1.807) is 32.0 Å². The van der Waals surface area contributed by atoms with Gasteiger partial charge < -0.3 is 10.3 Å². The summed E-state index contributed by atoms with van der Waals surface area (Å²) in [5, 5.41) is 3.90. The highest BCUT2D eigenvalue weighted by molar-refractivity contribution is 7.99. The molecule has 0 unspecified atom stereocenters. The second kappa shape index (κ2) is 7.17. The molecule has 0 saturated heterocycles. The molecule has 1 amide bonds. The lowest BCUT2D eigenvalue weighted by Crippen LogP contribution is -2.17. The minimum Gasteiger partial charge on any atom is -0.325 e. The van der Waals surface area contributed by atoms with E-state index in [0.717, 1.165) is 11.8 Å². The van der Waals surface area contributed by atoms with Gasteiger partial charge in [0.1, 0.15) is 0 Å². The number of nitrogens with zero attached hydrogens (tertiary/aromatic N) is 1. The van der Waals surface area contributed by atoms with Gasteiger partial charge in [0.05, 0.1) is 15.8 Å². The molecule has 0 aliphatic rings. The molecule has 116 valence electrons. The molecule has 0 radical (unpaired) electrons. The van der Waals surface area contributed by atoms with Crippen molar-refractivity contribution < 1.29 is 4.79 Å². The summed E-state index contributed by atoms with van der Waals surface area (Å²) in [6.45, 7) is 3.46. The van der Waals surface area contributed by atoms with Gasteiger partial charge in [-0.15, -0.1) is 0 Å². The van der Waals surface area contributed by atoms with Gasteiger partial charge in [0, 0.05) is 16.9 Å². The summed E-state index contributed by atoms with van der Waals surface area (Å²) < 4.78 is 0. The summed E-state index contributed by atoms with van der Waals surface area (Å²) in [6, 6.07) is 4.84. The maximum absolute atomic E-state index is 11.9. The number of nitrogens with one attached hydrogen (secondary N) is 2. The van der Waals surface area contributed by atoms with E-state index < -0.39 is 0 Å². The normalized spacial score (nSPS) is 10.5. The summed E-state index contributed by atoms with van der Waals surface area (Å²) >= 11 is 12.8. The highest BCUT2D eigenvalue weighted by atomic mass is 35.5. The van der Waals surface area contributed by atoms with Crippen LogP contribution in [0.2, 0.25) is 10.0 Å². The largest absolute Gasteiger partial charge is 0.325 e. The van der Waals surface area contributed by atoms with Crippen LogP contribution in [0.3, 0.4) is 0 Å². The summed E-state index contributed by atoms with van der Waals surface area (Å²) in [7, 11) is 0. The molecule has 0 saturated carbocycles. The maximum atomic E-state index is 11.9. The third-order valence-corrected chi connectivity index (χ3v) is 4.53. The van der Waals surface area contributed by atoms with Crippen LogP contribution in [0.4, 0.5) is 5.69 Å². The van der Waals surface area contributed by atoms with E-state index in [1.165, 1.54) is 0 Å². The van der Waals surface area contributed by atoms with Crippen LogP contribution in [0, 0.1) is 13.8 Å². The Labute approximate surface area is 141 Å². The molecule has 22 heavy (non-hydrogen) atoms. The van der Waals surface area contributed by atoms with E-state index in [0.29, 0.717) is 32.1 Å². The Morgan fingerprint density at radius 2 is 2.05 bits per heavy atom. The number of aryl methyl sites for hydroxylation is 1. The molecule has 2 rings (SSSR count). The third kappa shape index (κ3) is 4.25. The number of hydrogen-bond donors (Lipinski definition) is 2. The topological polar surface area (TPSA) is 74.8 Å². The molecule has 0 atom stereocenters. The van der Waals surface area contributed by atoms with Crippen molar-refractivity contribution in [3.63, 3.8) is 0 Å². The van der Waals surface area contributed by atoms with Crippen molar-refractivity contribution in [2.24, 2.45) is 0 Å². The van der Waals surface area contributed by atoms with Crippen LogP contribution < -0.4 is 10.9 Å². The van der Waals surface area contributed by atoms with Gasteiger partial charge in [0.25, 0.3) is 5.56 Å². The number of amides is 1. The number of carbonyl (C=O) groups is 1. The predicted molar refractivity (Wildman–Crippen MR) is 90.1 cm³/mol. The SMILES string of the molecule is Cc1nc(SCC(=O)Nc2ccc(Cl)c(Cl)c2)[nH]c(=O)c1C. The van der Waals surface area contributed by atoms with Crippen LogP contribution >= 0.6 is 35.0 Å². The van der Waals surface area contributed by atoms with E-state index in [-0.39, 0.29) is 17.2 Å². The van der Waals surface area contributed by atoms with Crippen molar-refractivity contribution in [2.45, 2.75) is 19.0 Å². The Hall–Kier alpha value is -1.50. The third-order valence-electron chi connectivity index (χ3n) is 2.92. The number of anilines is 1. The number of carbonyl (C=O) groups excluding carboxylic acids is 1. The Morgan fingerprint density at radius 3 is 2.68 bits per heavy atom. The van der Waals surface area contributed by atoms with Crippen LogP contribution in [0.25, 0.3) is 0 Å². The highest BCUT2D eigenvalue weighted by Crippen LogP contribution is 2.25. The minimum absolute atomic E-state index is 0.117. The molecular formula is C14H13Cl2N3O2S. The smallest absolute Gasteiger partial charge is 0.254 e. The Kier molecular flexibility index (Phi) is 5.50. The van der Waals surface area contributed by atoms with Gasteiger partial charge in [0.2, 0.25) is 5.91 Å². The fourth-order valence-corrected chi connectivity index (χ4v) is 2.60. The predicted octanol–water partition coefficient (Wildman–Crippen LogP) is 3.42.